The van der Waals surface area contributed by atoms with Gasteiger partial charge in [-0.15, -0.1) is 0 Å². The zero-order valence-corrected chi connectivity index (χ0v) is 50.2. The first-order valence-electron chi connectivity index (χ1n) is 28.4. The number of ether oxygens (including phenoxy) is 6. The molecule has 0 saturated carbocycles. The number of hydrogen-bond acceptors (Lipinski definition) is 18. The van der Waals surface area contributed by atoms with Crippen LogP contribution in [0, 0.1) is 17.8 Å². The first-order chi connectivity index (χ1) is 35.7. The summed E-state index contributed by atoms with van der Waals surface area (Å²) in [6, 6.07) is 0. The number of esters is 6. The Morgan fingerprint density at radius 3 is 1.01 bits per heavy atom. The maximum absolute atomic E-state index is 12.9. The SMILES string of the molecule is CCCCCCCCCCSCC(C)C(=O)OCCOC(=O)CCN(CCCN(C)C)CCCN(CCC(=O)OCCOC(=O)C(C)CSC)CCC(=O)OCCOC(=O)C(C)CSCCCCCCCCCC. The normalized spacial score (nSPS) is 12.7. The van der Waals surface area contributed by atoms with Gasteiger partial charge < -0.3 is 43.1 Å². The number of unbranched alkanes of at least 4 members (excludes halogenated alkanes) is 14. The summed E-state index contributed by atoms with van der Waals surface area (Å²) < 4.78 is 32.3. The van der Waals surface area contributed by atoms with Crippen LogP contribution >= 0.6 is 35.3 Å². The minimum Gasteiger partial charge on any atom is -0.462 e. The van der Waals surface area contributed by atoms with Crippen LogP contribution in [0.4, 0.5) is 0 Å². The molecule has 3 unspecified atom stereocenters. The van der Waals surface area contributed by atoms with Crippen molar-refractivity contribution in [3.05, 3.63) is 0 Å². The van der Waals surface area contributed by atoms with E-state index in [1.807, 2.05) is 39.1 Å². The number of nitrogens with zero attached hydrogens (tertiary/aromatic N) is 3. The zero-order chi connectivity index (χ0) is 54.9. The van der Waals surface area contributed by atoms with E-state index < -0.39 is 11.9 Å². The van der Waals surface area contributed by atoms with Gasteiger partial charge in [0.2, 0.25) is 0 Å². The summed E-state index contributed by atoms with van der Waals surface area (Å²) in [6.07, 6.45) is 24.3. The van der Waals surface area contributed by atoms with Crippen LogP contribution in [0.15, 0.2) is 0 Å². The van der Waals surface area contributed by atoms with Gasteiger partial charge in [-0.25, -0.2) is 0 Å². The van der Waals surface area contributed by atoms with Crippen LogP contribution in [-0.4, -0.2) is 185 Å². The standard InChI is InChI=1S/C56H105N3O12S3/c1-9-11-13-15-17-19-21-23-43-73-46-49(4)55(64)70-41-38-66-51(60)27-34-58(31-25-30-57(6)7)32-26-33-59(35-28-52(61)67-37-40-69-54(63)48(3)45-72-8)36-29-53(62)68-39-42-71-56(65)50(5)47-74-44-24-22-20-18-16-14-12-10-2/h48-50H,9-47H2,1-8H3. The molecule has 3 atom stereocenters. The molecule has 0 aromatic rings. The molecule has 0 aliphatic heterocycles. The fourth-order valence-electron chi connectivity index (χ4n) is 7.73. The van der Waals surface area contributed by atoms with E-state index >= 15 is 0 Å². The summed E-state index contributed by atoms with van der Waals surface area (Å²) in [6.45, 7) is 14.0. The lowest BCUT2D eigenvalue weighted by molar-refractivity contribution is -0.154. The Labute approximate surface area is 462 Å². The summed E-state index contributed by atoms with van der Waals surface area (Å²) in [5, 5.41) is 0. The fraction of sp³-hybridized carbons (Fsp3) is 0.893. The lowest BCUT2D eigenvalue weighted by atomic mass is 10.1. The van der Waals surface area contributed by atoms with Crippen molar-refractivity contribution in [2.45, 2.75) is 169 Å². The van der Waals surface area contributed by atoms with Gasteiger partial charge in [-0.3, -0.25) is 28.8 Å². The van der Waals surface area contributed by atoms with Gasteiger partial charge in [0.05, 0.1) is 37.0 Å². The largest absolute Gasteiger partial charge is 0.462 e. The molecule has 15 nitrogen and oxygen atoms in total. The van der Waals surface area contributed by atoms with Crippen molar-refractivity contribution < 1.29 is 57.2 Å². The monoisotopic (exact) mass is 1110 g/mol. The number of thioether (sulfide) groups is 3. The van der Waals surface area contributed by atoms with Gasteiger partial charge in [0.15, 0.2) is 0 Å². The quantitative estimate of drug-likeness (QED) is 0.0320. The molecule has 0 N–H and O–H groups in total. The fourth-order valence-corrected chi connectivity index (χ4v) is 10.5. The van der Waals surface area contributed by atoms with Crippen molar-refractivity contribution in [2.24, 2.45) is 17.8 Å². The molecule has 0 amide bonds. The first-order valence-corrected chi connectivity index (χ1v) is 32.1. The van der Waals surface area contributed by atoms with E-state index in [9.17, 15) is 28.8 Å². The Kier molecular flexibility index (Phi) is 49.9. The topological polar surface area (TPSA) is 168 Å². The van der Waals surface area contributed by atoms with Crippen molar-refractivity contribution in [1.29, 1.82) is 0 Å². The highest BCUT2D eigenvalue weighted by Crippen LogP contribution is 2.17. The Bertz CT molecular complexity index is 1420. The molecule has 74 heavy (non-hydrogen) atoms. The van der Waals surface area contributed by atoms with Gasteiger partial charge >= 0.3 is 35.8 Å². The van der Waals surface area contributed by atoms with Gasteiger partial charge in [0, 0.05) is 36.9 Å². The van der Waals surface area contributed by atoms with Crippen LogP contribution in [0.2, 0.25) is 0 Å². The third-order valence-corrected chi connectivity index (χ3v) is 15.8. The van der Waals surface area contributed by atoms with Crippen molar-refractivity contribution in [1.82, 2.24) is 14.7 Å². The molecular weight excluding hydrogens is 1000 g/mol. The van der Waals surface area contributed by atoms with E-state index in [-0.39, 0.29) is 101 Å². The van der Waals surface area contributed by atoms with Crippen LogP contribution < -0.4 is 0 Å². The lowest BCUT2D eigenvalue weighted by Gasteiger charge is -2.26. The van der Waals surface area contributed by atoms with Crippen LogP contribution in [-0.2, 0) is 57.2 Å². The molecule has 0 aliphatic carbocycles. The Morgan fingerprint density at radius 1 is 0.378 bits per heavy atom. The van der Waals surface area contributed by atoms with E-state index in [2.05, 4.69) is 23.6 Å². The number of carbonyl (C=O) groups excluding carboxylic acids is 6. The van der Waals surface area contributed by atoms with Crippen molar-refractivity contribution in [3.8, 4) is 0 Å². The minimum absolute atomic E-state index is 0.00870. The number of carbonyl (C=O) groups is 6. The highest BCUT2D eigenvalue weighted by molar-refractivity contribution is 7.99. The Morgan fingerprint density at radius 2 is 0.676 bits per heavy atom. The summed E-state index contributed by atoms with van der Waals surface area (Å²) in [7, 11) is 4.04. The van der Waals surface area contributed by atoms with Crippen LogP contribution in [0.25, 0.3) is 0 Å². The molecule has 0 rings (SSSR count). The van der Waals surface area contributed by atoms with E-state index in [0.717, 1.165) is 37.4 Å². The second kappa shape index (κ2) is 51.5. The predicted octanol–water partition coefficient (Wildman–Crippen LogP) is 10.4. The van der Waals surface area contributed by atoms with Crippen LogP contribution in [0.5, 0.6) is 0 Å². The molecule has 0 fully saturated rings. The summed E-state index contributed by atoms with van der Waals surface area (Å²) in [5.41, 5.74) is 0. The maximum Gasteiger partial charge on any atom is 0.309 e. The van der Waals surface area contributed by atoms with Gasteiger partial charge in [-0.2, -0.15) is 35.3 Å². The average Bonchev–Trinajstić information content (AvgIpc) is 3.38. The van der Waals surface area contributed by atoms with Crippen LogP contribution in [0.3, 0.4) is 0 Å². The smallest absolute Gasteiger partial charge is 0.309 e. The van der Waals surface area contributed by atoms with E-state index in [0.29, 0.717) is 56.4 Å². The average molecular weight is 1110 g/mol. The molecule has 0 bridgehead atoms. The second-order valence-corrected chi connectivity index (χ2v) is 23.1. The Hall–Kier alpha value is -2.25. The summed E-state index contributed by atoms with van der Waals surface area (Å²) in [4.78, 5) is 82.0. The van der Waals surface area contributed by atoms with Crippen molar-refractivity contribution in [2.75, 3.05) is 135 Å². The highest BCUT2D eigenvalue weighted by Gasteiger charge is 2.19. The molecule has 18 heteroatoms. The predicted molar refractivity (Wildman–Crippen MR) is 306 cm³/mol. The Balaban J connectivity index is 5.01. The van der Waals surface area contributed by atoms with Gasteiger partial charge in [0.25, 0.3) is 0 Å². The molecule has 0 spiro atoms. The zero-order valence-electron chi connectivity index (χ0n) is 47.8. The summed E-state index contributed by atoms with van der Waals surface area (Å²) >= 11 is 5.13. The molecule has 0 aromatic carbocycles. The molecule has 0 heterocycles. The lowest BCUT2D eigenvalue weighted by Crippen LogP contribution is -2.35. The van der Waals surface area contributed by atoms with E-state index in [1.165, 1.54) is 96.3 Å². The maximum atomic E-state index is 12.9. The van der Waals surface area contributed by atoms with Crippen molar-refractivity contribution >= 4 is 71.1 Å². The molecule has 434 valence electrons. The van der Waals surface area contributed by atoms with Gasteiger partial charge in [-0.05, 0) is 83.7 Å². The van der Waals surface area contributed by atoms with Gasteiger partial charge in [-0.1, -0.05) is 125 Å². The third kappa shape index (κ3) is 45.9. The summed E-state index contributed by atoms with van der Waals surface area (Å²) in [5.74, 6) is 1.29. The molecular formula is C56H105N3O12S3. The molecule has 0 saturated heterocycles. The van der Waals surface area contributed by atoms with Crippen LogP contribution in [0.1, 0.15) is 169 Å². The highest BCUT2D eigenvalue weighted by atomic mass is 32.2. The first kappa shape index (κ1) is 71.8. The molecule has 0 aliphatic rings. The van der Waals surface area contributed by atoms with Gasteiger partial charge in [0.1, 0.15) is 39.6 Å². The van der Waals surface area contributed by atoms with E-state index in [4.69, 9.17) is 28.4 Å². The minimum atomic E-state index is -0.440. The molecule has 0 radical (unpaired) electrons. The second-order valence-electron chi connectivity index (χ2n) is 19.9. The third-order valence-electron chi connectivity index (χ3n) is 12.3. The van der Waals surface area contributed by atoms with E-state index in [1.54, 1.807) is 42.2 Å². The number of rotatable bonds is 53. The molecule has 0 aromatic heterocycles. The van der Waals surface area contributed by atoms with Crippen molar-refractivity contribution in [3.63, 3.8) is 0 Å². The number of hydrogen-bond donors (Lipinski definition) is 0.